The number of allylic oxidation sites excluding steroid dienone is 7. The van der Waals surface area contributed by atoms with Gasteiger partial charge in [0.05, 0.1) is 0 Å². The van der Waals surface area contributed by atoms with E-state index in [0.29, 0.717) is 12.8 Å². The Morgan fingerprint density at radius 2 is 1.84 bits per heavy atom. The zero-order valence-electron chi connectivity index (χ0n) is 12.5. The van der Waals surface area contributed by atoms with Crippen LogP contribution in [0.4, 0.5) is 4.39 Å². The molecular weight excluding hydrogens is 239 g/mol. The molecule has 0 aliphatic heterocycles. The molecule has 1 unspecified atom stereocenters. The van der Waals surface area contributed by atoms with Crippen molar-refractivity contribution in [3.63, 3.8) is 0 Å². The topological polar surface area (TPSA) is 20.2 Å². The van der Waals surface area contributed by atoms with E-state index in [1.54, 1.807) is 6.92 Å². The van der Waals surface area contributed by atoms with Crippen molar-refractivity contribution in [2.24, 2.45) is 5.92 Å². The molecule has 0 aromatic carbocycles. The molecule has 0 rings (SSSR count). The molecule has 0 radical (unpaired) electrons. The molecule has 0 aliphatic rings. The quantitative estimate of drug-likeness (QED) is 0.455. The van der Waals surface area contributed by atoms with Gasteiger partial charge in [-0.25, -0.2) is 4.39 Å². The Balaban J connectivity index is 5.58. The van der Waals surface area contributed by atoms with Gasteiger partial charge in [-0.3, -0.25) is 0 Å². The van der Waals surface area contributed by atoms with Gasteiger partial charge >= 0.3 is 0 Å². The monoisotopic (exact) mass is 264 g/mol. The van der Waals surface area contributed by atoms with Crippen LogP contribution in [0.5, 0.6) is 0 Å². The minimum absolute atomic E-state index is 0.000448. The number of aliphatic hydroxyl groups excluding tert-OH is 1. The Morgan fingerprint density at radius 1 is 1.26 bits per heavy atom. The largest absolute Gasteiger partial charge is 0.509 e. The Kier molecular flexibility index (Phi) is 7.81. The molecule has 1 N–H and O–H groups in total. The van der Waals surface area contributed by atoms with E-state index in [1.165, 1.54) is 6.08 Å². The Labute approximate surface area is 116 Å². The average Bonchev–Trinajstić information content (AvgIpc) is 2.34. The van der Waals surface area contributed by atoms with E-state index in [1.807, 2.05) is 32.9 Å². The van der Waals surface area contributed by atoms with Gasteiger partial charge in [-0.05, 0) is 42.9 Å². The fourth-order valence-corrected chi connectivity index (χ4v) is 1.88. The molecular formula is C17H25FO. The third-order valence-electron chi connectivity index (χ3n) is 2.81. The van der Waals surface area contributed by atoms with E-state index >= 15 is 0 Å². The summed E-state index contributed by atoms with van der Waals surface area (Å²) in [5.74, 6) is -0.0922. The zero-order valence-corrected chi connectivity index (χ0v) is 12.5. The van der Waals surface area contributed by atoms with Crippen LogP contribution in [0.1, 0.15) is 40.5 Å². The number of rotatable bonds is 7. The first-order chi connectivity index (χ1) is 8.83. The van der Waals surface area contributed by atoms with Gasteiger partial charge < -0.3 is 5.11 Å². The Bertz CT molecular complexity index is 425. The molecule has 0 bridgehead atoms. The molecule has 1 atom stereocenters. The summed E-state index contributed by atoms with van der Waals surface area (Å²) in [6.07, 6.45) is 6.28. The predicted octanol–water partition coefficient (Wildman–Crippen LogP) is 5.80. The van der Waals surface area contributed by atoms with Crippen molar-refractivity contribution in [2.75, 3.05) is 0 Å². The highest BCUT2D eigenvalue weighted by Gasteiger charge is 2.14. The predicted molar refractivity (Wildman–Crippen MR) is 81.7 cm³/mol. The zero-order chi connectivity index (χ0) is 15.0. The molecule has 0 saturated heterocycles. The molecule has 0 fully saturated rings. The molecule has 0 aliphatic carbocycles. The summed E-state index contributed by atoms with van der Waals surface area (Å²) in [7, 11) is 0. The van der Waals surface area contributed by atoms with Crippen LogP contribution in [0.25, 0.3) is 0 Å². The first-order valence-electron chi connectivity index (χ1n) is 6.64. The molecule has 2 heteroatoms. The van der Waals surface area contributed by atoms with Crippen LogP contribution in [0.15, 0.2) is 59.7 Å². The van der Waals surface area contributed by atoms with E-state index in [9.17, 15) is 4.39 Å². The Morgan fingerprint density at radius 3 is 2.21 bits per heavy atom. The first-order valence-corrected chi connectivity index (χ1v) is 6.64. The molecule has 1 nitrogen and oxygen atoms in total. The maximum absolute atomic E-state index is 14.0. The lowest BCUT2D eigenvalue weighted by Crippen LogP contribution is -2.02. The van der Waals surface area contributed by atoms with Crippen LogP contribution in [0.3, 0.4) is 0 Å². The summed E-state index contributed by atoms with van der Waals surface area (Å²) >= 11 is 0. The molecule has 106 valence electrons. The van der Waals surface area contributed by atoms with Gasteiger partial charge in [-0.1, -0.05) is 51.7 Å². The van der Waals surface area contributed by atoms with Gasteiger partial charge in [0.2, 0.25) is 0 Å². The van der Waals surface area contributed by atoms with Crippen LogP contribution in [-0.4, -0.2) is 5.11 Å². The van der Waals surface area contributed by atoms with Gasteiger partial charge in [-0.15, -0.1) is 0 Å². The minimum atomic E-state index is -0.0851. The fourth-order valence-electron chi connectivity index (χ4n) is 1.88. The highest BCUT2D eigenvalue weighted by molar-refractivity contribution is 5.41. The van der Waals surface area contributed by atoms with Gasteiger partial charge in [0.15, 0.2) is 0 Å². The van der Waals surface area contributed by atoms with Crippen molar-refractivity contribution in [1.82, 2.24) is 0 Å². The van der Waals surface area contributed by atoms with Crippen molar-refractivity contribution in [3.05, 3.63) is 59.7 Å². The molecule has 0 amide bonds. The van der Waals surface area contributed by atoms with Crippen molar-refractivity contribution < 1.29 is 9.50 Å². The number of aliphatic hydroxyl groups is 1. The van der Waals surface area contributed by atoms with Crippen LogP contribution >= 0.6 is 0 Å². The summed E-state index contributed by atoms with van der Waals surface area (Å²) in [6.45, 7) is 14.9. The number of hydrogen-bond acceptors (Lipinski definition) is 1. The highest BCUT2D eigenvalue weighted by atomic mass is 19.1. The number of hydrogen-bond donors (Lipinski definition) is 1. The lowest BCUT2D eigenvalue weighted by atomic mass is 9.89. The summed E-state index contributed by atoms with van der Waals surface area (Å²) in [4.78, 5) is 0. The van der Waals surface area contributed by atoms with Crippen molar-refractivity contribution >= 4 is 0 Å². The standard InChI is InChI=1S/C17H25FO/c1-7-15(17(18)8-2)16(11-12(3)4)13(5)9-10-14(6)19/h9-11,13,19H,3,6-8H2,1-2,4-5H3/b10-9?,16-11-,17-15+. The van der Waals surface area contributed by atoms with Gasteiger partial charge in [0.25, 0.3) is 0 Å². The minimum Gasteiger partial charge on any atom is -0.509 e. The molecule has 0 saturated carbocycles. The van der Waals surface area contributed by atoms with Crippen molar-refractivity contribution in [3.8, 4) is 0 Å². The van der Waals surface area contributed by atoms with E-state index in [-0.39, 0.29) is 17.5 Å². The normalized spacial score (nSPS) is 15.3. The van der Waals surface area contributed by atoms with Crippen molar-refractivity contribution in [1.29, 1.82) is 0 Å². The van der Waals surface area contributed by atoms with Crippen LogP contribution in [-0.2, 0) is 0 Å². The second-order valence-corrected chi connectivity index (χ2v) is 4.68. The van der Waals surface area contributed by atoms with Gasteiger partial charge in [0, 0.05) is 0 Å². The summed E-state index contributed by atoms with van der Waals surface area (Å²) in [5.41, 5.74) is 2.52. The molecule has 19 heavy (non-hydrogen) atoms. The van der Waals surface area contributed by atoms with Gasteiger partial charge in [0.1, 0.15) is 11.6 Å². The maximum atomic E-state index is 14.0. The van der Waals surface area contributed by atoms with E-state index in [2.05, 4.69) is 13.2 Å². The lowest BCUT2D eigenvalue weighted by molar-refractivity contribution is 0.434. The smallest absolute Gasteiger partial charge is 0.108 e. The summed E-state index contributed by atoms with van der Waals surface area (Å²) < 4.78 is 14.0. The molecule has 0 aromatic heterocycles. The van der Waals surface area contributed by atoms with Gasteiger partial charge in [-0.2, -0.15) is 0 Å². The number of halogens is 1. The maximum Gasteiger partial charge on any atom is 0.108 e. The SMILES string of the molecule is C=C(O)C=CC(C)C(=C/C(=C)C)/C(CC)=C(/F)CC. The van der Waals surface area contributed by atoms with E-state index in [4.69, 9.17) is 5.11 Å². The third-order valence-corrected chi connectivity index (χ3v) is 2.81. The van der Waals surface area contributed by atoms with E-state index in [0.717, 1.165) is 16.7 Å². The van der Waals surface area contributed by atoms with Crippen molar-refractivity contribution in [2.45, 2.75) is 40.5 Å². The average molecular weight is 264 g/mol. The summed E-state index contributed by atoms with van der Waals surface area (Å²) in [6, 6.07) is 0. The van der Waals surface area contributed by atoms with Crippen LogP contribution in [0.2, 0.25) is 0 Å². The Hall–Kier alpha value is -1.57. The second kappa shape index (κ2) is 8.52. The van der Waals surface area contributed by atoms with Crippen LogP contribution in [0, 0.1) is 5.92 Å². The molecule has 0 heterocycles. The summed E-state index contributed by atoms with van der Waals surface area (Å²) in [5, 5.41) is 9.11. The molecule has 0 aromatic rings. The highest BCUT2D eigenvalue weighted by Crippen LogP contribution is 2.29. The second-order valence-electron chi connectivity index (χ2n) is 4.68. The third kappa shape index (κ3) is 6.23. The van der Waals surface area contributed by atoms with E-state index < -0.39 is 0 Å². The first kappa shape index (κ1) is 17.4. The molecule has 0 spiro atoms. The van der Waals surface area contributed by atoms with Crippen LogP contribution < -0.4 is 0 Å². The lowest BCUT2D eigenvalue weighted by Gasteiger charge is -2.17. The fraction of sp³-hybridized carbons (Fsp3) is 0.412.